The van der Waals surface area contributed by atoms with E-state index in [4.69, 9.17) is 14.2 Å². The van der Waals surface area contributed by atoms with E-state index in [-0.39, 0.29) is 5.60 Å². The Hall–Kier alpha value is -2.48. The van der Waals surface area contributed by atoms with Crippen LogP contribution in [0.15, 0.2) is 42.9 Å². The van der Waals surface area contributed by atoms with E-state index < -0.39 is 0 Å². The number of nitrogens with zero attached hydrogens (tertiary/aromatic N) is 4. The SMILES string of the molecule is CCCCOC[C@@H]1CCN(Cc2cn(COCc3ccccc3)c3c(OC(C)(C)C)ncnc23)C1. The van der Waals surface area contributed by atoms with Gasteiger partial charge in [0.05, 0.1) is 13.2 Å². The van der Waals surface area contributed by atoms with Gasteiger partial charge in [-0.1, -0.05) is 43.7 Å². The molecule has 7 nitrogen and oxygen atoms in total. The van der Waals surface area contributed by atoms with E-state index in [0.717, 1.165) is 55.9 Å². The number of aromatic nitrogens is 3. The average molecular weight is 481 g/mol. The molecule has 0 N–H and O–H groups in total. The fraction of sp³-hybridized carbons (Fsp3) is 0.571. The van der Waals surface area contributed by atoms with Gasteiger partial charge in [0.15, 0.2) is 0 Å². The van der Waals surface area contributed by atoms with Crippen molar-refractivity contribution in [3.63, 3.8) is 0 Å². The van der Waals surface area contributed by atoms with Gasteiger partial charge in [0.1, 0.15) is 29.7 Å². The van der Waals surface area contributed by atoms with Crippen molar-refractivity contribution < 1.29 is 14.2 Å². The molecular formula is C28H40N4O3. The first-order chi connectivity index (χ1) is 16.9. The minimum absolute atomic E-state index is 0.360. The van der Waals surface area contributed by atoms with E-state index in [1.54, 1.807) is 6.33 Å². The second-order valence-electron chi connectivity index (χ2n) is 10.5. The van der Waals surface area contributed by atoms with Crippen LogP contribution in [0.2, 0.25) is 0 Å². The van der Waals surface area contributed by atoms with E-state index in [9.17, 15) is 0 Å². The summed E-state index contributed by atoms with van der Waals surface area (Å²) in [7, 11) is 0. The monoisotopic (exact) mass is 480 g/mol. The summed E-state index contributed by atoms with van der Waals surface area (Å²) in [4.78, 5) is 11.7. The highest BCUT2D eigenvalue weighted by Gasteiger charge is 2.26. The van der Waals surface area contributed by atoms with Crippen LogP contribution in [0.25, 0.3) is 11.0 Å². The summed E-state index contributed by atoms with van der Waals surface area (Å²) in [6.07, 6.45) is 7.26. The molecule has 1 saturated heterocycles. The Morgan fingerprint density at radius 2 is 1.91 bits per heavy atom. The number of likely N-dealkylation sites (tertiary alicyclic amines) is 1. The largest absolute Gasteiger partial charge is 0.470 e. The maximum atomic E-state index is 6.23. The van der Waals surface area contributed by atoms with Crippen molar-refractivity contribution in [2.24, 2.45) is 5.92 Å². The van der Waals surface area contributed by atoms with E-state index in [1.807, 2.05) is 39.0 Å². The van der Waals surface area contributed by atoms with Crippen LogP contribution in [0.1, 0.15) is 58.1 Å². The lowest BCUT2D eigenvalue weighted by atomic mass is 10.1. The molecular weight excluding hydrogens is 440 g/mol. The molecule has 7 heteroatoms. The molecule has 1 atom stereocenters. The number of ether oxygens (including phenoxy) is 3. The predicted octanol–water partition coefficient (Wildman–Crippen LogP) is 5.42. The van der Waals surface area contributed by atoms with E-state index >= 15 is 0 Å². The quantitative estimate of drug-likeness (QED) is 0.323. The summed E-state index contributed by atoms with van der Waals surface area (Å²) in [5.41, 5.74) is 3.80. The van der Waals surface area contributed by atoms with Crippen LogP contribution in [-0.4, -0.2) is 51.3 Å². The molecule has 1 aliphatic heterocycles. The normalized spacial score (nSPS) is 16.9. The van der Waals surface area contributed by atoms with Crippen LogP contribution in [-0.2, 0) is 29.4 Å². The lowest BCUT2D eigenvalue weighted by Crippen LogP contribution is -2.24. The van der Waals surface area contributed by atoms with Crippen LogP contribution in [0.3, 0.4) is 0 Å². The maximum absolute atomic E-state index is 6.23. The van der Waals surface area contributed by atoms with Gasteiger partial charge in [-0.3, -0.25) is 4.90 Å². The molecule has 0 radical (unpaired) electrons. The Morgan fingerprint density at radius 1 is 1.09 bits per heavy atom. The molecule has 0 saturated carbocycles. The van der Waals surface area contributed by atoms with Crippen LogP contribution in [0, 0.1) is 5.92 Å². The molecule has 1 aromatic carbocycles. The molecule has 2 aromatic heterocycles. The molecule has 1 fully saturated rings. The Balaban J connectivity index is 1.49. The highest BCUT2D eigenvalue weighted by molar-refractivity contribution is 5.84. The predicted molar refractivity (Wildman–Crippen MR) is 138 cm³/mol. The fourth-order valence-electron chi connectivity index (χ4n) is 4.52. The molecule has 3 heterocycles. The number of hydrogen-bond acceptors (Lipinski definition) is 6. The molecule has 190 valence electrons. The number of benzene rings is 1. The highest BCUT2D eigenvalue weighted by Crippen LogP contribution is 2.30. The molecule has 35 heavy (non-hydrogen) atoms. The Morgan fingerprint density at radius 3 is 2.69 bits per heavy atom. The number of rotatable bonds is 12. The van der Waals surface area contributed by atoms with Crippen LogP contribution in [0.5, 0.6) is 5.88 Å². The van der Waals surface area contributed by atoms with Crippen molar-refractivity contribution in [2.75, 3.05) is 26.3 Å². The summed E-state index contributed by atoms with van der Waals surface area (Å²) >= 11 is 0. The summed E-state index contributed by atoms with van der Waals surface area (Å²) < 4.78 is 20.3. The Labute approximate surface area is 209 Å². The summed E-state index contributed by atoms with van der Waals surface area (Å²) in [6.45, 7) is 14.0. The lowest BCUT2D eigenvalue weighted by Gasteiger charge is -2.21. The first-order valence-electron chi connectivity index (χ1n) is 12.9. The fourth-order valence-corrected chi connectivity index (χ4v) is 4.52. The number of hydrogen-bond donors (Lipinski definition) is 0. The Kier molecular flexibility index (Phi) is 8.76. The lowest BCUT2D eigenvalue weighted by molar-refractivity contribution is 0.0654. The second kappa shape index (κ2) is 12.0. The summed E-state index contributed by atoms with van der Waals surface area (Å²) in [6, 6.07) is 10.2. The van der Waals surface area contributed by atoms with Crippen molar-refractivity contribution in [1.82, 2.24) is 19.4 Å². The van der Waals surface area contributed by atoms with Crippen molar-refractivity contribution in [3.05, 3.63) is 54.0 Å². The van der Waals surface area contributed by atoms with E-state index in [2.05, 4.69) is 44.7 Å². The molecule has 1 aliphatic rings. The third kappa shape index (κ3) is 7.26. The highest BCUT2D eigenvalue weighted by atomic mass is 16.5. The topological polar surface area (TPSA) is 61.6 Å². The van der Waals surface area contributed by atoms with Crippen LogP contribution < -0.4 is 4.74 Å². The first-order valence-corrected chi connectivity index (χ1v) is 12.9. The minimum atomic E-state index is -0.360. The first kappa shape index (κ1) is 25.6. The number of fused-ring (bicyclic) bond motifs is 1. The summed E-state index contributed by atoms with van der Waals surface area (Å²) in [5.74, 6) is 1.20. The van der Waals surface area contributed by atoms with Gasteiger partial charge in [-0.15, -0.1) is 0 Å². The van der Waals surface area contributed by atoms with Crippen molar-refractivity contribution in [1.29, 1.82) is 0 Å². The Bertz CT molecular complexity index is 1060. The van der Waals surface area contributed by atoms with E-state index in [0.29, 0.717) is 25.1 Å². The van der Waals surface area contributed by atoms with Crippen molar-refractivity contribution in [3.8, 4) is 5.88 Å². The van der Waals surface area contributed by atoms with Gasteiger partial charge in [-0.25, -0.2) is 4.98 Å². The van der Waals surface area contributed by atoms with E-state index in [1.165, 1.54) is 18.4 Å². The third-order valence-electron chi connectivity index (χ3n) is 6.20. The van der Waals surface area contributed by atoms with Gasteiger partial charge in [0.2, 0.25) is 5.88 Å². The molecule has 0 aliphatic carbocycles. The van der Waals surface area contributed by atoms with Gasteiger partial charge < -0.3 is 18.8 Å². The van der Waals surface area contributed by atoms with Gasteiger partial charge in [-0.05, 0) is 51.6 Å². The molecule has 0 unspecified atom stereocenters. The molecule has 3 aromatic rings. The third-order valence-corrected chi connectivity index (χ3v) is 6.20. The maximum Gasteiger partial charge on any atom is 0.242 e. The van der Waals surface area contributed by atoms with Gasteiger partial charge in [0, 0.05) is 31.5 Å². The zero-order chi connectivity index (χ0) is 24.7. The van der Waals surface area contributed by atoms with Gasteiger partial charge in [-0.2, -0.15) is 4.98 Å². The smallest absolute Gasteiger partial charge is 0.242 e. The van der Waals surface area contributed by atoms with Crippen LogP contribution in [0.4, 0.5) is 0 Å². The molecule has 0 bridgehead atoms. The minimum Gasteiger partial charge on any atom is -0.470 e. The average Bonchev–Trinajstić information content (AvgIpc) is 3.42. The summed E-state index contributed by atoms with van der Waals surface area (Å²) in [5, 5.41) is 0. The number of unbranched alkanes of at least 4 members (excludes halogenated alkanes) is 1. The van der Waals surface area contributed by atoms with Gasteiger partial charge in [0.25, 0.3) is 0 Å². The van der Waals surface area contributed by atoms with Crippen LogP contribution >= 0.6 is 0 Å². The molecule has 4 rings (SSSR count). The second-order valence-corrected chi connectivity index (χ2v) is 10.5. The van der Waals surface area contributed by atoms with Crippen molar-refractivity contribution >= 4 is 11.0 Å². The van der Waals surface area contributed by atoms with Gasteiger partial charge >= 0.3 is 0 Å². The molecule has 0 spiro atoms. The molecule has 0 amide bonds. The van der Waals surface area contributed by atoms with Crippen molar-refractivity contribution in [2.45, 2.75) is 72.4 Å². The zero-order valence-corrected chi connectivity index (χ0v) is 21.7. The standard InChI is InChI=1S/C28H40N4O3/c1-5-6-14-33-19-23-12-13-31(15-23)16-24-17-32(21-34-18-22-10-8-7-9-11-22)26-25(24)29-20-30-27(26)35-28(2,3)4/h7-11,17,20,23H,5-6,12-16,18-19,21H2,1-4H3/t23-/m1/s1. The zero-order valence-electron chi connectivity index (χ0n) is 21.7.